The van der Waals surface area contributed by atoms with Gasteiger partial charge in [-0.25, -0.2) is 4.68 Å². The molecular formula is C15H19N3O2. The molecule has 2 aromatic rings. The Bertz CT molecular complexity index is 605. The number of nitrogens with zero attached hydrogens (tertiary/aromatic N) is 2. The maximum Gasteiger partial charge on any atom is 0.156 e. The van der Waals surface area contributed by atoms with Crippen molar-refractivity contribution < 1.29 is 9.53 Å². The van der Waals surface area contributed by atoms with Gasteiger partial charge in [-0.2, -0.15) is 5.10 Å². The van der Waals surface area contributed by atoms with Crippen LogP contribution < -0.4 is 10.5 Å². The molecule has 0 aliphatic rings. The fourth-order valence-electron chi connectivity index (χ4n) is 2.07. The standard InChI is InChI=1S/C15H19N3O2/c1-3-4-8-18-15(16)13(10-19)14(17-18)11-6-5-7-12(9-11)20-2/h5-7,9-10H,3-4,8,16H2,1-2H3. The van der Waals surface area contributed by atoms with Crippen LogP contribution >= 0.6 is 0 Å². The van der Waals surface area contributed by atoms with Crippen LogP contribution in [-0.4, -0.2) is 23.2 Å². The number of aldehydes is 1. The zero-order valence-corrected chi connectivity index (χ0v) is 11.8. The second-order valence-corrected chi connectivity index (χ2v) is 4.57. The fourth-order valence-corrected chi connectivity index (χ4v) is 2.07. The number of carbonyl (C=O) groups is 1. The fraction of sp³-hybridized carbons (Fsp3) is 0.333. The Morgan fingerprint density at radius 2 is 2.25 bits per heavy atom. The molecule has 0 spiro atoms. The second-order valence-electron chi connectivity index (χ2n) is 4.57. The lowest BCUT2D eigenvalue weighted by atomic mass is 10.1. The van der Waals surface area contributed by atoms with Crippen LogP contribution in [-0.2, 0) is 6.54 Å². The summed E-state index contributed by atoms with van der Waals surface area (Å²) in [5, 5.41) is 4.47. The van der Waals surface area contributed by atoms with E-state index in [0.717, 1.165) is 30.4 Å². The first-order chi connectivity index (χ1) is 9.71. The maximum atomic E-state index is 11.3. The number of rotatable bonds is 6. The third-order valence-corrected chi connectivity index (χ3v) is 3.21. The van der Waals surface area contributed by atoms with E-state index in [1.165, 1.54) is 0 Å². The molecule has 0 aliphatic heterocycles. The number of aromatic nitrogens is 2. The number of benzene rings is 1. The van der Waals surface area contributed by atoms with E-state index in [0.29, 0.717) is 23.6 Å². The molecule has 0 fully saturated rings. The van der Waals surface area contributed by atoms with Crippen molar-refractivity contribution in [3.63, 3.8) is 0 Å². The highest BCUT2D eigenvalue weighted by Gasteiger charge is 2.16. The molecule has 1 heterocycles. The van der Waals surface area contributed by atoms with Gasteiger partial charge in [-0.05, 0) is 18.6 Å². The molecule has 0 amide bonds. The van der Waals surface area contributed by atoms with E-state index in [4.69, 9.17) is 10.5 Å². The molecule has 1 aromatic carbocycles. The number of nitrogens with two attached hydrogens (primary N) is 1. The van der Waals surface area contributed by atoms with Gasteiger partial charge in [0.1, 0.15) is 17.3 Å². The molecule has 0 saturated carbocycles. The van der Waals surface area contributed by atoms with E-state index < -0.39 is 0 Å². The molecule has 2 rings (SSSR count). The van der Waals surface area contributed by atoms with Crippen LogP contribution in [0, 0.1) is 0 Å². The topological polar surface area (TPSA) is 70.1 Å². The van der Waals surface area contributed by atoms with Gasteiger partial charge in [0.15, 0.2) is 6.29 Å². The monoisotopic (exact) mass is 273 g/mol. The van der Waals surface area contributed by atoms with Crippen molar-refractivity contribution in [1.82, 2.24) is 9.78 Å². The normalized spacial score (nSPS) is 10.5. The number of ether oxygens (including phenoxy) is 1. The van der Waals surface area contributed by atoms with Gasteiger partial charge in [-0.1, -0.05) is 25.5 Å². The van der Waals surface area contributed by atoms with Gasteiger partial charge >= 0.3 is 0 Å². The van der Waals surface area contributed by atoms with Gasteiger partial charge < -0.3 is 10.5 Å². The highest BCUT2D eigenvalue weighted by molar-refractivity contribution is 5.91. The third kappa shape index (κ3) is 2.66. The summed E-state index contributed by atoms with van der Waals surface area (Å²) in [4.78, 5) is 11.3. The Labute approximate surface area is 118 Å². The van der Waals surface area contributed by atoms with Crippen molar-refractivity contribution in [2.45, 2.75) is 26.3 Å². The molecule has 0 saturated heterocycles. The molecule has 0 atom stereocenters. The van der Waals surface area contributed by atoms with Crippen molar-refractivity contribution in [2.24, 2.45) is 0 Å². The molecule has 20 heavy (non-hydrogen) atoms. The average Bonchev–Trinajstić information content (AvgIpc) is 2.81. The van der Waals surface area contributed by atoms with Crippen LogP contribution in [0.2, 0.25) is 0 Å². The highest BCUT2D eigenvalue weighted by atomic mass is 16.5. The van der Waals surface area contributed by atoms with Gasteiger partial charge in [0.05, 0.1) is 12.7 Å². The summed E-state index contributed by atoms with van der Waals surface area (Å²) in [6.07, 6.45) is 2.78. The van der Waals surface area contributed by atoms with Gasteiger partial charge in [0, 0.05) is 12.1 Å². The predicted octanol–water partition coefficient (Wildman–Crippen LogP) is 2.75. The van der Waals surface area contributed by atoms with Gasteiger partial charge in [0.25, 0.3) is 0 Å². The van der Waals surface area contributed by atoms with Gasteiger partial charge in [-0.3, -0.25) is 4.79 Å². The molecule has 106 valence electrons. The second kappa shape index (κ2) is 6.23. The van der Waals surface area contributed by atoms with Crippen molar-refractivity contribution in [3.8, 4) is 17.0 Å². The Hall–Kier alpha value is -2.30. The van der Waals surface area contributed by atoms with E-state index in [9.17, 15) is 4.79 Å². The number of methoxy groups -OCH3 is 1. The van der Waals surface area contributed by atoms with E-state index in [2.05, 4.69) is 12.0 Å². The summed E-state index contributed by atoms with van der Waals surface area (Å²) >= 11 is 0. The number of hydrogen-bond acceptors (Lipinski definition) is 4. The summed E-state index contributed by atoms with van der Waals surface area (Å²) in [5.41, 5.74) is 7.87. The summed E-state index contributed by atoms with van der Waals surface area (Å²) in [7, 11) is 1.61. The Morgan fingerprint density at radius 3 is 2.90 bits per heavy atom. The molecule has 1 aromatic heterocycles. The van der Waals surface area contributed by atoms with E-state index >= 15 is 0 Å². The largest absolute Gasteiger partial charge is 0.497 e. The molecule has 5 nitrogen and oxygen atoms in total. The highest BCUT2D eigenvalue weighted by Crippen LogP contribution is 2.28. The first kappa shape index (κ1) is 14.1. The van der Waals surface area contributed by atoms with Crippen LogP contribution in [0.3, 0.4) is 0 Å². The Kier molecular flexibility index (Phi) is 4.40. The first-order valence-corrected chi connectivity index (χ1v) is 6.67. The molecule has 0 radical (unpaired) electrons. The smallest absolute Gasteiger partial charge is 0.156 e. The number of hydrogen-bond donors (Lipinski definition) is 1. The Balaban J connectivity index is 2.46. The lowest BCUT2D eigenvalue weighted by molar-refractivity contribution is 0.112. The van der Waals surface area contributed by atoms with Gasteiger partial charge in [0.2, 0.25) is 0 Å². The SMILES string of the molecule is CCCCn1nc(-c2cccc(OC)c2)c(C=O)c1N. The molecule has 5 heteroatoms. The molecule has 2 N–H and O–H groups in total. The van der Waals surface area contributed by atoms with Crippen LogP contribution in [0.1, 0.15) is 30.1 Å². The van der Waals surface area contributed by atoms with E-state index in [-0.39, 0.29) is 0 Å². The van der Waals surface area contributed by atoms with Crippen LogP contribution in [0.4, 0.5) is 5.82 Å². The molecule has 0 bridgehead atoms. The van der Waals surface area contributed by atoms with Crippen LogP contribution in [0.5, 0.6) is 5.75 Å². The number of aryl methyl sites for hydroxylation is 1. The summed E-state index contributed by atoms with van der Waals surface area (Å²) in [5.74, 6) is 1.15. The predicted molar refractivity (Wildman–Crippen MR) is 78.9 cm³/mol. The molecule has 0 aliphatic carbocycles. The quantitative estimate of drug-likeness (QED) is 0.821. The lowest BCUT2D eigenvalue weighted by Gasteiger charge is -2.02. The zero-order valence-electron chi connectivity index (χ0n) is 11.8. The number of nitrogen functional groups attached to an aromatic ring is 1. The van der Waals surface area contributed by atoms with Crippen molar-refractivity contribution >= 4 is 12.1 Å². The van der Waals surface area contributed by atoms with E-state index in [1.807, 2.05) is 24.3 Å². The third-order valence-electron chi connectivity index (χ3n) is 3.21. The minimum Gasteiger partial charge on any atom is -0.497 e. The van der Waals surface area contributed by atoms with Crippen molar-refractivity contribution in [3.05, 3.63) is 29.8 Å². The molecule has 0 unspecified atom stereocenters. The van der Waals surface area contributed by atoms with Gasteiger partial charge in [-0.15, -0.1) is 0 Å². The number of unbranched alkanes of at least 4 members (excludes halogenated alkanes) is 1. The molecular weight excluding hydrogens is 254 g/mol. The first-order valence-electron chi connectivity index (χ1n) is 6.67. The lowest BCUT2D eigenvalue weighted by Crippen LogP contribution is -2.05. The van der Waals surface area contributed by atoms with Crippen molar-refractivity contribution in [1.29, 1.82) is 0 Å². The van der Waals surface area contributed by atoms with Crippen LogP contribution in [0.25, 0.3) is 11.3 Å². The average molecular weight is 273 g/mol. The maximum absolute atomic E-state index is 11.3. The van der Waals surface area contributed by atoms with E-state index in [1.54, 1.807) is 11.8 Å². The minimum atomic E-state index is 0.422. The summed E-state index contributed by atoms with van der Waals surface area (Å²) in [6.45, 7) is 2.82. The zero-order chi connectivity index (χ0) is 14.5. The number of anilines is 1. The number of carbonyl (C=O) groups excluding carboxylic acids is 1. The summed E-state index contributed by atoms with van der Waals surface area (Å²) < 4.78 is 6.89. The Morgan fingerprint density at radius 1 is 1.45 bits per heavy atom. The van der Waals surface area contributed by atoms with Crippen LogP contribution in [0.15, 0.2) is 24.3 Å². The minimum absolute atomic E-state index is 0.422. The van der Waals surface area contributed by atoms with Crippen molar-refractivity contribution in [2.75, 3.05) is 12.8 Å². The summed E-state index contributed by atoms with van der Waals surface area (Å²) in [6, 6.07) is 7.45.